The highest BCUT2D eigenvalue weighted by Gasteiger charge is 2.37. The van der Waals surface area contributed by atoms with Crippen LogP contribution in [0.25, 0.3) is 11.3 Å². The Labute approximate surface area is 190 Å². The third kappa shape index (κ3) is 5.40. The molecule has 32 heavy (non-hydrogen) atoms. The average molecular weight is 440 g/mol. The number of alkyl carbamates (subject to hydrolysis) is 1. The average Bonchev–Trinajstić information content (AvgIpc) is 2.80. The fraction of sp³-hybridized carbons (Fsp3) is 0.520. The second kappa shape index (κ2) is 9.88. The number of hydrogen-bond donors (Lipinski definition) is 1. The molecular formula is C25H33N3O4. The van der Waals surface area contributed by atoms with Crippen LogP contribution in [0.4, 0.5) is 4.79 Å². The molecule has 7 nitrogen and oxygen atoms in total. The maximum Gasteiger partial charge on any atom is 0.408 e. The summed E-state index contributed by atoms with van der Waals surface area (Å²) < 4.78 is 16.4. The second-order valence-corrected chi connectivity index (χ2v) is 9.13. The topological polar surface area (TPSA) is 72.9 Å². The zero-order valence-corrected chi connectivity index (χ0v) is 19.2. The van der Waals surface area contributed by atoms with Gasteiger partial charge in [0.25, 0.3) is 0 Å². The fourth-order valence-corrected chi connectivity index (χ4v) is 4.49. The number of fused-ring (bicyclic) bond motifs is 3. The van der Waals surface area contributed by atoms with Crippen LogP contribution in [0.15, 0.2) is 42.6 Å². The van der Waals surface area contributed by atoms with Crippen molar-refractivity contribution in [3.63, 3.8) is 0 Å². The molecule has 3 fully saturated rings. The first-order valence-electron chi connectivity index (χ1n) is 11.3. The van der Waals surface area contributed by atoms with Gasteiger partial charge in [0.2, 0.25) is 0 Å². The number of ether oxygens (including phenoxy) is 3. The largest absolute Gasteiger partial charge is 0.490 e. The van der Waals surface area contributed by atoms with Gasteiger partial charge in [-0.05, 0) is 69.5 Å². The van der Waals surface area contributed by atoms with E-state index in [1.54, 1.807) is 13.3 Å². The number of amides is 1. The molecule has 3 aliphatic rings. The van der Waals surface area contributed by atoms with E-state index in [-0.39, 0.29) is 12.2 Å². The summed E-state index contributed by atoms with van der Waals surface area (Å²) in [6, 6.07) is 11.9. The van der Waals surface area contributed by atoms with Crippen LogP contribution in [-0.2, 0) is 15.0 Å². The Bertz CT molecular complexity index is 908. The Kier molecular flexibility index (Phi) is 6.96. The van der Waals surface area contributed by atoms with Crippen molar-refractivity contribution in [2.75, 3.05) is 40.0 Å². The number of nitrogens with one attached hydrogen (secondary N) is 1. The summed E-state index contributed by atoms with van der Waals surface area (Å²) in [5.41, 5.74) is 2.23. The summed E-state index contributed by atoms with van der Waals surface area (Å²) >= 11 is 0. The maximum absolute atomic E-state index is 12.7. The number of pyridine rings is 1. The Morgan fingerprint density at radius 1 is 1.19 bits per heavy atom. The molecule has 1 atom stereocenters. The highest BCUT2D eigenvalue weighted by Crippen LogP contribution is 2.30. The molecule has 7 heteroatoms. The van der Waals surface area contributed by atoms with Crippen molar-refractivity contribution in [1.29, 1.82) is 0 Å². The number of methoxy groups -OCH3 is 1. The highest BCUT2D eigenvalue weighted by molar-refractivity contribution is 5.69. The van der Waals surface area contributed by atoms with Crippen molar-refractivity contribution in [1.82, 2.24) is 15.2 Å². The third-order valence-corrected chi connectivity index (χ3v) is 6.44. The van der Waals surface area contributed by atoms with Crippen LogP contribution in [0, 0.1) is 5.92 Å². The molecule has 0 radical (unpaired) electrons. The molecule has 2 bridgehead atoms. The van der Waals surface area contributed by atoms with E-state index in [0.29, 0.717) is 24.9 Å². The number of rotatable bonds is 8. The van der Waals surface area contributed by atoms with Gasteiger partial charge in [0.1, 0.15) is 18.5 Å². The highest BCUT2D eigenvalue weighted by atomic mass is 16.6. The summed E-state index contributed by atoms with van der Waals surface area (Å²) in [6.45, 7) is 8.10. The van der Waals surface area contributed by atoms with E-state index in [1.807, 2.05) is 44.2 Å². The third-order valence-electron chi connectivity index (χ3n) is 6.44. The predicted octanol–water partition coefficient (Wildman–Crippen LogP) is 3.83. The van der Waals surface area contributed by atoms with E-state index in [9.17, 15) is 4.79 Å². The van der Waals surface area contributed by atoms with Crippen LogP contribution in [0.2, 0.25) is 0 Å². The monoisotopic (exact) mass is 439 g/mol. The van der Waals surface area contributed by atoms with Gasteiger partial charge in [0.05, 0.1) is 24.0 Å². The zero-order chi connectivity index (χ0) is 22.6. The quantitative estimate of drug-likeness (QED) is 0.631. The van der Waals surface area contributed by atoms with E-state index in [2.05, 4.69) is 21.3 Å². The van der Waals surface area contributed by atoms with Gasteiger partial charge < -0.3 is 19.5 Å². The molecule has 5 rings (SSSR count). The zero-order valence-electron chi connectivity index (χ0n) is 19.2. The normalized spacial score (nSPS) is 22.4. The van der Waals surface area contributed by atoms with Crippen LogP contribution < -0.4 is 10.1 Å². The number of benzene rings is 1. The molecule has 4 heterocycles. The molecule has 1 aromatic carbocycles. The van der Waals surface area contributed by atoms with E-state index in [0.717, 1.165) is 49.3 Å². The van der Waals surface area contributed by atoms with Gasteiger partial charge in [0, 0.05) is 19.2 Å². The lowest BCUT2D eigenvalue weighted by Crippen LogP contribution is -2.53. The van der Waals surface area contributed by atoms with Crippen LogP contribution >= 0.6 is 0 Å². The molecule has 1 aromatic heterocycles. The number of piperidine rings is 3. The summed E-state index contributed by atoms with van der Waals surface area (Å²) in [5, 5.41) is 3.06. The second-order valence-electron chi connectivity index (χ2n) is 9.13. The van der Waals surface area contributed by atoms with Crippen LogP contribution in [-0.4, -0.2) is 62.0 Å². The maximum atomic E-state index is 12.7. The Morgan fingerprint density at radius 2 is 2.00 bits per heavy atom. The molecule has 3 aliphatic heterocycles. The molecule has 1 N–H and O–H groups in total. The summed E-state index contributed by atoms with van der Waals surface area (Å²) in [6.07, 6.45) is 3.59. The first kappa shape index (κ1) is 22.6. The van der Waals surface area contributed by atoms with Gasteiger partial charge >= 0.3 is 6.09 Å². The van der Waals surface area contributed by atoms with Gasteiger partial charge in [0.15, 0.2) is 0 Å². The van der Waals surface area contributed by atoms with E-state index in [1.165, 1.54) is 0 Å². The van der Waals surface area contributed by atoms with Gasteiger partial charge in [-0.25, -0.2) is 4.79 Å². The van der Waals surface area contributed by atoms with Crippen molar-refractivity contribution in [2.24, 2.45) is 5.92 Å². The fourth-order valence-electron chi connectivity index (χ4n) is 4.49. The Hall–Kier alpha value is -2.64. The van der Waals surface area contributed by atoms with E-state index >= 15 is 0 Å². The van der Waals surface area contributed by atoms with Gasteiger partial charge in [-0.3, -0.25) is 9.88 Å². The van der Waals surface area contributed by atoms with Gasteiger partial charge in [-0.1, -0.05) is 18.2 Å². The molecular weight excluding hydrogens is 406 g/mol. The van der Waals surface area contributed by atoms with Crippen LogP contribution in [0.3, 0.4) is 0 Å². The number of aromatic nitrogens is 1. The number of carbonyl (C=O) groups excluding carboxylic acids is 1. The molecule has 1 unspecified atom stereocenters. The van der Waals surface area contributed by atoms with Crippen molar-refractivity contribution >= 4 is 6.09 Å². The molecule has 3 saturated heterocycles. The molecule has 1 amide bonds. The standard InChI is InChI=1S/C25H33N3O4/c1-25(2,27-24(29)32-23-17-28-11-9-18(23)10-12-28)20-6-4-5-19(15-20)22-8-7-21(16-26-22)31-14-13-30-3/h4-8,15-16,18,23H,9-14,17H2,1-3H3,(H,27,29). The first-order chi connectivity index (χ1) is 15.4. The summed E-state index contributed by atoms with van der Waals surface area (Å²) in [4.78, 5) is 19.6. The lowest BCUT2D eigenvalue weighted by Gasteiger charge is -2.44. The SMILES string of the molecule is COCCOc1ccc(-c2cccc(C(C)(C)NC(=O)OC3CN4CCC3CC4)c2)nc1. The first-order valence-corrected chi connectivity index (χ1v) is 11.3. The van der Waals surface area contributed by atoms with E-state index in [4.69, 9.17) is 14.2 Å². The van der Waals surface area contributed by atoms with Gasteiger partial charge in [-0.15, -0.1) is 0 Å². The molecule has 0 aliphatic carbocycles. The minimum absolute atomic E-state index is 0.00606. The number of hydrogen-bond acceptors (Lipinski definition) is 6. The molecule has 0 spiro atoms. The minimum atomic E-state index is -0.579. The Balaban J connectivity index is 1.39. The van der Waals surface area contributed by atoms with Crippen molar-refractivity contribution < 1.29 is 19.0 Å². The van der Waals surface area contributed by atoms with Crippen molar-refractivity contribution in [2.45, 2.75) is 38.3 Å². The molecule has 0 saturated carbocycles. The minimum Gasteiger partial charge on any atom is -0.490 e. The van der Waals surface area contributed by atoms with E-state index < -0.39 is 5.54 Å². The predicted molar refractivity (Wildman–Crippen MR) is 123 cm³/mol. The van der Waals surface area contributed by atoms with Crippen molar-refractivity contribution in [3.05, 3.63) is 48.2 Å². The number of nitrogens with zero attached hydrogens (tertiary/aromatic N) is 2. The lowest BCUT2D eigenvalue weighted by atomic mass is 9.86. The molecule has 172 valence electrons. The summed E-state index contributed by atoms with van der Waals surface area (Å²) in [7, 11) is 1.64. The lowest BCUT2D eigenvalue weighted by molar-refractivity contribution is -0.0349. The smallest absolute Gasteiger partial charge is 0.408 e. The molecule has 2 aromatic rings. The number of carbonyl (C=O) groups is 1. The van der Waals surface area contributed by atoms with Crippen molar-refractivity contribution in [3.8, 4) is 17.0 Å². The summed E-state index contributed by atoms with van der Waals surface area (Å²) in [5.74, 6) is 1.20. The Morgan fingerprint density at radius 3 is 2.66 bits per heavy atom. The van der Waals surface area contributed by atoms with Crippen LogP contribution in [0.5, 0.6) is 5.75 Å². The van der Waals surface area contributed by atoms with Gasteiger partial charge in [-0.2, -0.15) is 0 Å². The van der Waals surface area contributed by atoms with Crippen LogP contribution in [0.1, 0.15) is 32.3 Å².